The van der Waals surface area contributed by atoms with Crippen LogP contribution >= 0.6 is 23.2 Å². The molecule has 27 heavy (non-hydrogen) atoms. The fourth-order valence-corrected chi connectivity index (χ4v) is 2.94. The van der Waals surface area contributed by atoms with E-state index >= 15 is 0 Å². The van der Waals surface area contributed by atoms with Gasteiger partial charge in [0.1, 0.15) is 0 Å². The predicted octanol–water partition coefficient (Wildman–Crippen LogP) is 4.41. The van der Waals surface area contributed by atoms with Crippen LogP contribution in [0.15, 0.2) is 42.7 Å². The molecule has 2 heterocycles. The maximum atomic E-state index is 12.1. The molecule has 0 aliphatic carbocycles. The minimum atomic E-state index is -0.251. The molecule has 0 radical (unpaired) electrons. The highest BCUT2D eigenvalue weighted by molar-refractivity contribution is 6.42. The van der Waals surface area contributed by atoms with Crippen LogP contribution in [0.4, 0.5) is 5.82 Å². The Kier molecular flexibility index (Phi) is 5.98. The van der Waals surface area contributed by atoms with Crippen molar-refractivity contribution in [1.82, 2.24) is 19.6 Å². The minimum Gasteiger partial charge on any atom is -0.306 e. The Balaban J connectivity index is 1.61. The summed E-state index contributed by atoms with van der Waals surface area (Å²) in [7, 11) is 0. The molecule has 6 nitrogen and oxygen atoms in total. The van der Waals surface area contributed by atoms with E-state index in [4.69, 9.17) is 23.2 Å². The van der Waals surface area contributed by atoms with Gasteiger partial charge in [-0.1, -0.05) is 29.3 Å². The van der Waals surface area contributed by atoms with Gasteiger partial charge in [0.05, 0.1) is 22.8 Å². The van der Waals surface area contributed by atoms with Crippen molar-refractivity contribution >= 4 is 41.0 Å². The van der Waals surface area contributed by atoms with E-state index in [0.717, 1.165) is 23.4 Å². The lowest BCUT2D eigenvalue weighted by molar-refractivity contribution is -0.111. The third-order valence-electron chi connectivity index (χ3n) is 4.08. The van der Waals surface area contributed by atoms with Crippen molar-refractivity contribution in [3.8, 4) is 0 Å². The first-order valence-electron chi connectivity index (χ1n) is 8.45. The van der Waals surface area contributed by atoms with E-state index in [1.807, 2.05) is 24.6 Å². The summed E-state index contributed by atoms with van der Waals surface area (Å²) >= 11 is 12.0. The molecule has 3 rings (SSSR count). The van der Waals surface area contributed by atoms with E-state index in [1.165, 1.54) is 6.08 Å². The van der Waals surface area contributed by atoms with Crippen molar-refractivity contribution in [3.63, 3.8) is 0 Å². The Hall–Kier alpha value is -2.57. The number of nitrogens with one attached hydrogen (secondary N) is 1. The monoisotopic (exact) mass is 403 g/mol. The second-order valence-electron chi connectivity index (χ2n) is 5.97. The van der Waals surface area contributed by atoms with E-state index in [1.54, 1.807) is 41.4 Å². The van der Waals surface area contributed by atoms with E-state index in [-0.39, 0.29) is 5.91 Å². The molecule has 0 bridgehead atoms. The number of amides is 1. The fraction of sp³-hybridized carbons (Fsp3) is 0.211. The normalized spacial score (nSPS) is 11.3. The number of carbonyl (C=O) groups excluding carboxylic acids is 1. The molecule has 0 saturated carbocycles. The highest BCUT2D eigenvalue weighted by Gasteiger charge is 2.06. The Morgan fingerprint density at radius 3 is 2.78 bits per heavy atom. The van der Waals surface area contributed by atoms with Crippen LogP contribution in [0.2, 0.25) is 10.0 Å². The van der Waals surface area contributed by atoms with E-state index < -0.39 is 0 Å². The number of nitrogens with zero attached hydrogens (tertiary/aromatic N) is 4. The van der Waals surface area contributed by atoms with Gasteiger partial charge in [-0.15, -0.1) is 0 Å². The molecule has 1 N–H and O–H groups in total. The molecule has 1 aromatic carbocycles. The lowest BCUT2D eigenvalue weighted by Crippen LogP contribution is -2.09. The molecule has 3 aromatic rings. The molecule has 0 saturated heterocycles. The van der Waals surface area contributed by atoms with Gasteiger partial charge in [-0.25, -0.2) is 0 Å². The lowest BCUT2D eigenvalue weighted by Gasteiger charge is -2.04. The number of aromatic nitrogens is 4. The molecule has 0 aliphatic rings. The molecule has 0 unspecified atom stereocenters. The van der Waals surface area contributed by atoms with Gasteiger partial charge in [0.15, 0.2) is 5.82 Å². The highest BCUT2D eigenvalue weighted by Crippen LogP contribution is 2.23. The predicted molar refractivity (Wildman–Crippen MR) is 108 cm³/mol. The smallest absolute Gasteiger partial charge is 0.249 e. The van der Waals surface area contributed by atoms with Gasteiger partial charge < -0.3 is 5.32 Å². The molecule has 0 fully saturated rings. The van der Waals surface area contributed by atoms with Crippen LogP contribution in [0.25, 0.3) is 6.08 Å². The minimum absolute atomic E-state index is 0.251. The second-order valence-corrected chi connectivity index (χ2v) is 6.79. The van der Waals surface area contributed by atoms with Crippen LogP contribution in [-0.4, -0.2) is 25.5 Å². The summed E-state index contributed by atoms with van der Waals surface area (Å²) in [6, 6.07) is 7.17. The Morgan fingerprint density at radius 2 is 2.07 bits per heavy atom. The van der Waals surface area contributed by atoms with E-state index in [2.05, 4.69) is 15.5 Å². The summed E-state index contributed by atoms with van der Waals surface area (Å²) in [6.07, 6.45) is 6.75. The van der Waals surface area contributed by atoms with Crippen LogP contribution in [0.1, 0.15) is 23.7 Å². The standard InChI is InChI=1S/C19H19Cl2N5O/c1-3-26-13(2)15(11-22-26)5-7-19(27)23-18-8-9-25(24-18)12-14-4-6-16(20)17(21)10-14/h4-11H,3,12H2,1-2H3,(H,23,24,27)/b7-5+. The summed E-state index contributed by atoms with van der Waals surface area (Å²) in [5.41, 5.74) is 2.90. The van der Waals surface area contributed by atoms with Gasteiger partial charge in [0.2, 0.25) is 5.91 Å². The second kappa shape index (κ2) is 8.41. The van der Waals surface area contributed by atoms with Crippen LogP contribution in [0, 0.1) is 6.92 Å². The van der Waals surface area contributed by atoms with Crippen molar-refractivity contribution < 1.29 is 4.79 Å². The molecule has 0 atom stereocenters. The SMILES string of the molecule is CCn1ncc(/C=C/C(=O)Nc2ccn(Cc3ccc(Cl)c(Cl)c3)n2)c1C. The molecule has 1 amide bonds. The van der Waals surface area contributed by atoms with E-state index in [9.17, 15) is 4.79 Å². The first kappa shape index (κ1) is 19.2. The van der Waals surface area contributed by atoms with Gasteiger partial charge >= 0.3 is 0 Å². The number of halogens is 2. The zero-order chi connectivity index (χ0) is 19.4. The molecule has 0 aliphatic heterocycles. The maximum absolute atomic E-state index is 12.1. The zero-order valence-corrected chi connectivity index (χ0v) is 16.5. The Labute approximate surface area is 167 Å². The number of rotatable bonds is 6. The van der Waals surface area contributed by atoms with Gasteiger partial charge in [0, 0.05) is 36.1 Å². The zero-order valence-electron chi connectivity index (χ0n) is 15.0. The van der Waals surface area contributed by atoms with Crippen LogP contribution in [0.3, 0.4) is 0 Å². The molecule has 2 aromatic heterocycles. The lowest BCUT2D eigenvalue weighted by atomic mass is 10.2. The van der Waals surface area contributed by atoms with Crippen molar-refractivity contribution in [3.05, 3.63) is 69.6 Å². The quantitative estimate of drug-likeness (QED) is 0.619. The number of aryl methyl sites for hydroxylation is 1. The number of hydrogen-bond donors (Lipinski definition) is 1. The third-order valence-corrected chi connectivity index (χ3v) is 4.81. The molecular weight excluding hydrogens is 385 g/mol. The Bertz CT molecular complexity index is 990. The van der Waals surface area contributed by atoms with Crippen LogP contribution in [-0.2, 0) is 17.9 Å². The molecule has 0 spiro atoms. The van der Waals surface area contributed by atoms with Gasteiger partial charge in [-0.2, -0.15) is 10.2 Å². The van der Waals surface area contributed by atoms with Crippen molar-refractivity contribution in [2.75, 3.05) is 5.32 Å². The topological polar surface area (TPSA) is 64.7 Å². The number of hydrogen-bond acceptors (Lipinski definition) is 3. The molecular formula is C19H19Cl2N5O. The number of carbonyl (C=O) groups is 1. The Morgan fingerprint density at radius 1 is 1.26 bits per heavy atom. The highest BCUT2D eigenvalue weighted by atomic mass is 35.5. The van der Waals surface area contributed by atoms with Crippen LogP contribution in [0.5, 0.6) is 0 Å². The first-order chi connectivity index (χ1) is 13.0. The van der Waals surface area contributed by atoms with Gasteiger partial charge in [0.25, 0.3) is 0 Å². The van der Waals surface area contributed by atoms with E-state index in [0.29, 0.717) is 22.4 Å². The maximum Gasteiger partial charge on any atom is 0.249 e. The van der Waals surface area contributed by atoms with Crippen molar-refractivity contribution in [2.24, 2.45) is 0 Å². The summed E-state index contributed by atoms with van der Waals surface area (Å²) in [6.45, 7) is 5.31. The summed E-state index contributed by atoms with van der Waals surface area (Å²) in [4.78, 5) is 12.1. The van der Waals surface area contributed by atoms with Gasteiger partial charge in [-0.3, -0.25) is 14.2 Å². The number of anilines is 1. The number of benzene rings is 1. The average molecular weight is 404 g/mol. The van der Waals surface area contributed by atoms with Crippen molar-refractivity contribution in [2.45, 2.75) is 26.9 Å². The first-order valence-corrected chi connectivity index (χ1v) is 9.20. The van der Waals surface area contributed by atoms with Crippen molar-refractivity contribution in [1.29, 1.82) is 0 Å². The molecule has 140 valence electrons. The third kappa shape index (κ3) is 4.78. The summed E-state index contributed by atoms with van der Waals surface area (Å²) < 4.78 is 3.59. The largest absolute Gasteiger partial charge is 0.306 e. The van der Waals surface area contributed by atoms with Crippen LogP contribution < -0.4 is 5.32 Å². The summed E-state index contributed by atoms with van der Waals surface area (Å²) in [5, 5.41) is 12.4. The average Bonchev–Trinajstić information content (AvgIpc) is 3.22. The summed E-state index contributed by atoms with van der Waals surface area (Å²) in [5.74, 6) is 0.226. The molecule has 8 heteroatoms. The fourth-order valence-electron chi connectivity index (χ4n) is 2.62. The van der Waals surface area contributed by atoms with Gasteiger partial charge in [-0.05, 0) is 37.6 Å².